The smallest absolute Gasteiger partial charge is 0.224 e. The second kappa shape index (κ2) is 9.24. The van der Waals surface area contributed by atoms with E-state index in [4.69, 9.17) is 14.2 Å². The Labute approximate surface area is 145 Å². The van der Waals surface area contributed by atoms with Crippen LogP contribution in [0.5, 0.6) is 11.5 Å². The van der Waals surface area contributed by atoms with E-state index in [1.165, 1.54) is 0 Å². The van der Waals surface area contributed by atoms with Crippen LogP contribution in [0.1, 0.15) is 16.3 Å². The van der Waals surface area contributed by atoms with Gasteiger partial charge in [-0.3, -0.25) is 4.79 Å². The molecule has 6 nitrogen and oxygen atoms in total. The number of ether oxygens (including phenoxy) is 3. The number of hydrogen-bond acceptors (Lipinski definition) is 6. The Morgan fingerprint density at radius 2 is 2.00 bits per heavy atom. The quantitative estimate of drug-likeness (QED) is 0.751. The van der Waals surface area contributed by atoms with E-state index in [-0.39, 0.29) is 5.91 Å². The maximum Gasteiger partial charge on any atom is 0.224 e. The molecule has 0 aliphatic heterocycles. The molecule has 0 radical (unpaired) electrons. The lowest BCUT2D eigenvalue weighted by atomic mass is 10.1. The average Bonchev–Trinajstić information content (AvgIpc) is 3.02. The van der Waals surface area contributed by atoms with Gasteiger partial charge in [-0.1, -0.05) is 6.07 Å². The van der Waals surface area contributed by atoms with E-state index in [0.29, 0.717) is 37.5 Å². The van der Waals surface area contributed by atoms with Crippen molar-refractivity contribution in [1.29, 1.82) is 0 Å². The molecule has 0 fully saturated rings. The van der Waals surface area contributed by atoms with Crippen LogP contribution in [0.2, 0.25) is 0 Å². The zero-order valence-electron chi connectivity index (χ0n) is 14.1. The Balaban J connectivity index is 1.80. The first-order chi connectivity index (χ1) is 11.7. The summed E-state index contributed by atoms with van der Waals surface area (Å²) >= 11 is 1.57. The Morgan fingerprint density at radius 3 is 2.71 bits per heavy atom. The number of benzene rings is 1. The molecule has 1 N–H and O–H groups in total. The van der Waals surface area contributed by atoms with Crippen molar-refractivity contribution in [2.24, 2.45) is 0 Å². The summed E-state index contributed by atoms with van der Waals surface area (Å²) in [6, 6.07) is 5.47. The van der Waals surface area contributed by atoms with Crippen molar-refractivity contribution >= 4 is 17.2 Å². The molecule has 7 heteroatoms. The lowest BCUT2D eigenvalue weighted by molar-refractivity contribution is -0.120. The minimum atomic E-state index is -0.0328. The van der Waals surface area contributed by atoms with Gasteiger partial charge in [-0.15, -0.1) is 11.3 Å². The molecule has 0 bridgehead atoms. The van der Waals surface area contributed by atoms with E-state index in [1.54, 1.807) is 38.7 Å². The van der Waals surface area contributed by atoms with Gasteiger partial charge < -0.3 is 19.5 Å². The van der Waals surface area contributed by atoms with E-state index in [9.17, 15) is 4.79 Å². The number of nitrogens with zero attached hydrogens (tertiary/aromatic N) is 1. The number of amides is 1. The van der Waals surface area contributed by atoms with Gasteiger partial charge in [0.25, 0.3) is 0 Å². The first-order valence-electron chi connectivity index (χ1n) is 7.56. The number of methoxy groups -OCH3 is 3. The molecule has 0 unspecified atom stereocenters. The molecule has 1 aromatic carbocycles. The number of carbonyl (C=O) groups is 1. The molecule has 2 rings (SSSR count). The van der Waals surface area contributed by atoms with Crippen LogP contribution >= 0.6 is 11.3 Å². The van der Waals surface area contributed by atoms with E-state index in [0.717, 1.165) is 16.3 Å². The summed E-state index contributed by atoms with van der Waals surface area (Å²) in [7, 11) is 4.81. The normalized spacial score (nSPS) is 10.5. The van der Waals surface area contributed by atoms with Gasteiger partial charge >= 0.3 is 0 Å². The number of carbonyl (C=O) groups excluding carboxylic acids is 1. The molecular weight excluding hydrogens is 328 g/mol. The molecule has 1 amide bonds. The molecule has 0 aliphatic carbocycles. The minimum absolute atomic E-state index is 0.0328. The SMILES string of the molecule is COCc1nc(CCNC(=O)Cc2ccc(OC)c(OC)c2)cs1. The van der Waals surface area contributed by atoms with Crippen molar-refractivity contribution in [2.75, 3.05) is 27.9 Å². The van der Waals surface area contributed by atoms with Crippen molar-refractivity contribution in [3.63, 3.8) is 0 Å². The maximum absolute atomic E-state index is 12.0. The van der Waals surface area contributed by atoms with Crippen LogP contribution in [-0.2, 0) is 29.0 Å². The first-order valence-corrected chi connectivity index (χ1v) is 8.44. The van der Waals surface area contributed by atoms with Gasteiger partial charge in [-0.2, -0.15) is 0 Å². The maximum atomic E-state index is 12.0. The van der Waals surface area contributed by atoms with Crippen LogP contribution in [0.3, 0.4) is 0 Å². The minimum Gasteiger partial charge on any atom is -0.493 e. The summed E-state index contributed by atoms with van der Waals surface area (Å²) in [5.74, 6) is 1.24. The number of hydrogen-bond donors (Lipinski definition) is 1. The molecule has 0 saturated carbocycles. The lowest BCUT2D eigenvalue weighted by Crippen LogP contribution is -2.27. The summed E-state index contributed by atoms with van der Waals surface area (Å²) < 4.78 is 15.5. The van der Waals surface area contributed by atoms with Crippen molar-refractivity contribution in [3.8, 4) is 11.5 Å². The number of rotatable bonds is 9. The van der Waals surface area contributed by atoms with Crippen molar-refractivity contribution in [2.45, 2.75) is 19.4 Å². The van der Waals surface area contributed by atoms with Crippen LogP contribution in [0.15, 0.2) is 23.6 Å². The number of nitrogens with one attached hydrogen (secondary N) is 1. The highest BCUT2D eigenvalue weighted by molar-refractivity contribution is 7.09. The van der Waals surface area contributed by atoms with Gasteiger partial charge in [0.1, 0.15) is 5.01 Å². The monoisotopic (exact) mass is 350 g/mol. The third kappa shape index (κ3) is 5.21. The van der Waals surface area contributed by atoms with Crippen molar-refractivity contribution < 1.29 is 19.0 Å². The molecular formula is C17H22N2O4S. The van der Waals surface area contributed by atoms with Crippen LogP contribution in [0.4, 0.5) is 0 Å². The van der Waals surface area contributed by atoms with Gasteiger partial charge in [0.05, 0.1) is 32.9 Å². The fourth-order valence-electron chi connectivity index (χ4n) is 2.22. The molecule has 1 heterocycles. The summed E-state index contributed by atoms with van der Waals surface area (Å²) in [4.78, 5) is 16.5. The third-order valence-electron chi connectivity index (χ3n) is 3.38. The largest absolute Gasteiger partial charge is 0.493 e. The van der Waals surface area contributed by atoms with E-state index in [2.05, 4.69) is 10.3 Å². The summed E-state index contributed by atoms with van der Waals surface area (Å²) in [5.41, 5.74) is 1.85. The van der Waals surface area contributed by atoms with Gasteiger partial charge in [0.15, 0.2) is 11.5 Å². The Hall–Kier alpha value is -2.12. The predicted molar refractivity (Wildman–Crippen MR) is 92.8 cm³/mol. The third-order valence-corrected chi connectivity index (χ3v) is 4.25. The van der Waals surface area contributed by atoms with Crippen molar-refractivity contribution in [1.82, 2.24) is 10.3 Å². The second-order valence-corrected chi connectivity index (χ2v) is 6.07. The number of aromatic nitrogens is 1. The van der Waals surface area contributed by atoms with Crippen LogP contribution in [-0.4, -0.2) is 38.8 Å². The molecule has 2 aromatic rings. The zero-order valence-corrected chi connectivity index (χ0v) is 14.9. The number of thiazole rings is 1. The van der Waals surface area contributed by atoms with E-state index >= 15 is 0 Å². The van der Waals surface area contributed by atoms with Gasteiger partial charge in [0.2, 0.25) is 5.91 Å². The fraction of sp³-hybridized carbons (Fsp3) is 0.412. The second-order valence-electron chi connectivity index (χ2n) is 5.13. The molecule has 0 atom stereocenters. The topological polar surface area (TPSA) is 69.7 Å². The molecule has 24 heavy (non-hydrogen) atoms. The van der Waals surface area contributed by atoms with Gasteiger partial charge in [-0.25, -0.2) is 4.98 Å². The Kier molecular flexibility index (Phi) is 7.02. The van der Waals surface area contributed by atoms with Gasteiger partial charge in [-0.05, 0) is 17.7 Å². The summed E-state index contributed by atoms with van der Waals surface area (Å²) in [6.45, 7) is 1.08. The summed E-state index contributed by atoms with van der Waals surface area (Å²) in [6.07, 6.45) is 1.00. The van der Waals surface area contributed by atoms with Crippen molar-refractivity contribution in [3.05, 3.63) is 39.8 Å². The zero-order chi connectivity index (χ0) is 17.4. The standard InChI is InChI=1S/C17H22N2O4S/c1-21-10-17-19-13(11-24-17)6-7-18-16(20)9-12-4-5-14(22-2)15(8-12)23-3/h4-5,8,11H,6-7,9-10H2,1-3H3,(H,18,20). The first kappa shape index (κ1) is 18.2. The average molecular weight is 350 g/mol. The predicted octanol–water partition coefficient (Wildman–Crippen LogP) is 2.21. The molecule has 0 spiro atoms. The van der Waals surface area contributed by atoms with Crippen LogP contribution in [0, 0.1) is 0 Å². The molecule has 0 aliphatic rings. The summed E-state index contributed by atoms with van der Waals surface area (Å²) in [5, 5.41) is 5.85. The van der Waals surface area contributed by atoms with Crippen LogP contribution in [0.25, 0.3) is 0 Å². The highest BCUT2D eigenvalue weighted by Crippen LogP contribution is 2.27. The molecule has 130 valence electrons. The highest BCUT2D eigenvalue weighted by atomic mass is 32.1. The Morgan fingerprint density at radius 1 is 1.21 bits per heavy atom. The molecule has 0 saturated heterocycles. The van der Waals surface area contributed by atoms with E-state index in [1.807, 2.05) is 17.5 Å². The van der Waals surface area contributed by atoms with Gasteiger partial charge in [0, 0.05) is 25.5 Å². The highest BCUT2D eigenvalue weighted by Gasteiger charge is 2.08. The molecule has 1 aromatic heterocycles. The Bertz CT molecular complexity index is 672. The van der Waals surface area contributed by atoms with E-state index < -0.39 is 0 Å². The lowest BCUT2D eigenvalue weighted by Gasteiger charge is -2.09. The fourth-order valence-corrected chi connectivity index (χ4v) is 3.02. The van der Waals surface area contributed by atoms with Crippen LogP contribution < -0.4 is 14.8 Å².